The first kappa shape index (κ1) is 16.9. The maximum absolute atomic E-state index is 12.5. The Morgan fingerprint density at radius 2 is 2.21 bits per heavy atom. The van der Waals surface area contributed by atoms with Crippen LogP contribution < -0.4 is 9.62 Å². The molecule has 0 radical (unpaired) electrons. The molecule has 0 saturated heterocycles. The number of carbonyl (C=O) groups excluding carboxylic acids is 1. The van der Waals surface area contributed by atoms with Crippen LogP contribution in [0.5, 0.6) is 0 Å². The van der Waals surface area contributed by atoms with Crippen LogP contribution in [0.2, 0.25) is 0 Å². The zero-order valence-corrected chi connectivity index (χ0v) is 14.7. The van der Waals surface area contributed by atoms with Crippen LogP contribution in [0.1, 0.15) is 12.5 Å². The van der Waals surface area contributed by atoms with E-state index in [1.54, 1.807) is 47.3 Å². The van der Waals surface area contributed by atoms with Gasteiger partial charge in [0.15, 0.2) is 0 Å². The molecule has 1 amide bonds. The van der Waals surface area contributed by atoms with Gasteiger partial charge in [-0.05, 0) is 29.8 Å². The van der Waals surface area contributed by atoms with Crippen molar-refractivity contribution < 1.29 is 13.2 Å². The highest BCUT2D eigenvalue weighted by molar-refractivity contribution is 7.99. The van der Waals surface area contributed by atoms with E-state index in [1.165, 1.54) is 13.0 Å². The van der Waals surface area contributed by atoms with Gasteiger partial charge in [-0.1, -0.05) is 6.07 Å². The Morgan fingerprint density at radius 3 is 2.92 bits per heavy atom. The second-order valence-corrected chi connectivity index (χ2v) is 8.24. The van der Waals surface area contributed by atoms with Crippen molar-refractivity contribution in [1.29, 1.82) is 0 Å². The van der Waals surface area contributed by atoms with E-state index >= 15 is 0 Å². The van der Waals surface area contributed by atoms with Crippen LogP contribution in [-0.2, 0) is 21.4 Å². The highest BCUT2D eigenvalue weighted by Crippen LogP contribution is 2.36. The van der Waals surface area contributed by atoms with Gasteiger partial charge in [0.05, 0.1) is 10.6 Å². The van der Waals surface area contributed by atoms with E-state index < -0.39 is 10.0 Å². The number of pyridine rings is 1. The Morgan fingerprint density at radius 1 is 1.38 bits per heavy atom. The molecule has 0 aliphatic carbocycles. The summed E-state index contributed by atoms with van der Waals surface area (Å²) in [5, 5.41) is 0. The number of benzene rings is 1. The number of fused-ring (bicyclic) bond motifs is 1. The number of hydrogen-bond donors (Lipinski definition) is 1. The Kier molecular flexibility index (Phi) is 4.88. The van der Waals surface area contributed by atoms with Crippen molar-refractivity contribution >= 4 is 33.4 Å². The predicted octanol–water partition coefficient (Wildman–Crippen LogP) is 2.02. The van der Waals surface area contributed by atoms with Crippen molar-refractivity contribution in [1.82, 2.24) is 9.71 Å². The molecule has 0 fully saturated rings. The summed E-state index contributed by atoms with van der Waals surface area (Å²) in [4.78, 5) is 18.3. The molecule has 1 aromatic carbocycles. The molecule has 1 aliphatic rings. The largest absolute Gasteiger partial charge is 0.311 e. The molecule has 0 spiro atoms. The van der Waals surface area contributed by atoms with Crippen LogP contribution in [0.25, 0.3) is 0 Å². The van der Waals surface area contributed by atoms with Crippen molar-refractivity contribution in [2.75, 3.05) is 17.2 Å². The first-order chi connectivity index (χ1) is 11.5. The number of thioether (sulfide) groups is 1. The Balaban J connectivity index is 1.83. The van der Waals surface area contributed by atoms with E-state index in [1.807, 2.05) is 6.07 Å². The fourth-order valence-corrected chi connectivity index (χ4v) is 4.61. The first-order valence-corrected chi connectivity index (χ1v) is 9.88. The number of nitrogens with one attached hydrogen (secondary N) is 1. The summed E-state index contributed by atoms with van der Waals surface area (Å²) in [6.07, 6.45) is 3.26. The minimum atomic E-state index is -3.62. The predicted molar refractivity (Wildman–Crippen MR) is 93.5 cm³/mol. The Bertz CT molecular complexity index is 854. The third-order valence-electron chi connectivity index (χ3n) is 3.67. The number of sulfonamides is 1. The number of nitrogens with zero attached hydrogens (tertiary/aromatic N) is 2. The minimum Gasteiger partial charge on any atom is -0.311 e. The van der Waals surface area contributed by atoms with Gasteiger partial charge < -0.3 is 4.90 Å². The third kappa shape index (κ3) is 3.61. The van der Waals surface area contributed by atoms with Crippen molar-refractivity contribution in [2.45, 2.75) is 23.3 Å². The summed E-state index contributed by atoms with van der Waals surface area (Å²) in [6, 6.07) is 8.42. The fraction of sp³-hybridized carbons (Fsp3) is 0.250. The van der Waals surface area contributed by atoms with Gasteiger partial charge in [-0.2, -0.15) is 0 Å². The minimum absolute atomic E-state index is 0.0399. The van der Waals surface area contributed by atoms with Crippen LogP contribution in [0.3, 0.4) is 0 Å². The molecule has 0 bridgehead atoms. The summed E-state index contributed by atoms with van der Waals surface area (Å²) >= 11 is 1.56. The molecule has 0 unspecified atom stereocenters. The van der Waals surface area contributed by atoms with E-state index in [4.69, 9.17) is 0 Å². The van der Waals surface area contributed by atoms with E-state index in [-0.39, 0.29) is 17.3 Å². The summed E-state index contributed by atoms with van der Waals surface area (Å²) in [5.74, 6) is 0.709. The van der Waals surface area contributed by atoms with Gasteiger partial charge in [-0.25, -0.2) is 13.1 Å². The van der Waals surface area contributed by atoms with Gasteiger partial charge in [0, 0.05) is 43.1 Å². The quantitative estimate of drug-likeness (QED) is 0.899. The number of rotatable bonds is 4. The smallest absolute Gasteiger partial charge is 0.240 e. The van der Waals surface area contributed by atoms with Gasteiger partial charge in [0.1, 0.15) is 0 Å². The molecule has 1 N–H and O–H groups in total. The van der Waals surface area contributed by atoms with Crippen LogP contribution in [0.4, 0.5) is 5.69 Å². The van der Waals surface area contributed by atoms with Gasteiger partial charge in [0.25, 0.3) is 0 Å². The lowest BCUT2D eigenvalue weighted by Crippen LogP contribution is -2.33. The zero-order chi connectivity index (χ0) is 17.2. The standard InChI is InChI=1S/C16H17N3O3S2/c1-12(20)19-7-8-23-16-9-14(4-5-15(16)19)24(21,22)18-11-13-3-2-6-17-10-13/h2-6,9-10,18H,7-8,11H2,1H3. The van der Waals surface area contributed by atoms with Gasteiger partial charge in [-0.15, -0.1) is 11.8 Å². The number of anilines is 1. The number of aromatic nitrogens is 1. The number of hydrogen-bond acceptors (Lipinski definition) is 5. The van der Waals surface area contributed by atoms with E-state index in [2.05, 4.69) is 9.71 Å². The average Bonchev–Trinajstić information content (AvgIpc) is 2.60. The van der Waals surface area contributed by atoms with Crippen molar-refractivity contribution in [3.8, 4) is 0 Å². The first-order valence-electron chi connectivity index (χ1n) is 7.41. The number of carbonyl (C=O) groups is 1. The highest BCUT2D eigenvalue weighted by Gasteiger charge is 2.23. The molecule has 2 aromatic rings. The van der Waals surface area contributed by atoms with Gasteiger partial charge in [0.2, 0.25) is 15.9 Å². The average molecular weight is 363 g/mol. The molecule has 0 saturated carbocycles. The maximum Gasteiger partial charge on any atom is 0.240 e. The number of amides is 1. The lowest BCUT2D eigenvalue weighted by Gasteiger charge is -2.28. The van der Waals surface area contributed by atoms with Crippen LogP contribution in [-0.4, -0.2) is 31.6 Å². The fourth-order valence-electron chi connectivity index (χ4n) is 2.46. The molecule has 1 aromatic heterocycles. The summed E-state index contributed by atoms with van der Waals surface area (Å²) in [7, 11) is -3.62. The van der Waals surface area contributed by atoms with E-state index in [0.29, 0.717) is 6.54 Å². The summed E-state index contributed by atoms with van der Waals surface area (Å²) < 4.78 is 27.5. The maximum atomic E-state index is 12.5. The topological polar surface area (TPSA) is 79.4 Å². The normalized spacial score (nSPS) is 14.3. The Labute approximate surface area is 145 Å². The van der Waals surface area contributed by atoms with Crippen molar-refractivity contribution in [3.05, 3.63) is 48.3 Å². The molecule has 24 heavy (non-hydrogen) atoms. The lowest BCUT2D eigenvalue weighted by atomic mass is 10.2. The molecular formula is C16H17N3O3S2. The molecule has 8 heteroatoms. The van der Waals surface area contributed by atoms with Crippen LogP contribution in [0.15, 0.2) is 52.5 Å². The molecular weight excluding hydrogens is 346 g/mol. The van der Waals surface area contributed by atoms with Gasteiger partial charge >= 0.3 is 0 Å². The monoisotopic (exact) mass is 363 g/mol. The van der Waals surface area contributed by atoms with Crippen molar-refractivity contribution in [3.63, 3.8) is 0 Å². The second-order valence-electron chi connectivity index (χ2n) is 5.33. The lowest BCUT2D eigenvalue weighted by molar-refractivity contribution is -0.116. The summed E-state index contributed by atoms with van der Waals surface area (Å²) in [5.41, 5.74) is 1.56. The SMILES string of the molecule is CC(=O)N1CCSc2cc(S(=O)(=O)NCc3cccnc3)ccc21. The summed E-state index contributed by atoms with van der Waals surface area (Å²) in [6.45, 7) is 2.33. The Hall–Kier alpha value is -1.90. The molecule has 1 aliphatic heterocycles. The molecule has 2 heterocycles. The van der Waals surface area contributed by atoms with Gasteiger partial charge in [-0.3, -0.25) is 9.78 Å². The van der Waals surface area contributed by atoms with Crippen LogP contribution >= 0.6 is 11.8 Å². The molecule has 0 atom stereocenters. The molecule has 126 valence electrons. The van der Waals surface area contributed by atoms with Crippen LogP contribution in [0, 0.1) is 0 Å². The zero-order valence-electron chi connectivity index (χ0n) is 13.1. The van der Waals surface area contributed by atoms with Crippen molar-refractivity contribution in [2.24, 2.45) is 0 Å². The van der Waals surface area contributed by atoms with E-state index in [0.717, 1.165) is 21.9 Å². The molecule has 6 nitrogen and oxygen atoms in total. The molecule has 3 rings (SSSR count). The third-order valence-corrected chi connectivity index (χ3v) is 6.10. The second kappa shape index (κ2) is 6.92. The van der Waals surface area contributed by atoms with E-state index in [9.17, 15) is 13.2 Å². The highest BCUT2D eigenvalue weighted by atomic mass is 32.2.